The van der Waals surface area contributed by atoms with Crippen LogP contribution in [-0.4, -0.2) is 53.5 Å². The van der Waals surface area contributed by atoms with Crippen LogP contribution in [0, 0.1) is 55.3 Å². The Kier molecular flexibility index (Phi) is 8.78. The van der Waals surface area contributed by atoms with Crippen molar-refractivity contribution in [2.24, 2.45) is 41.4 Å². The van der Waals surface area contributed by atoms with Crippen LogP contribution in [0.1, 0.15) is 69.4 Å². The number of halogens is 4. The molecule has 4 aliphatic carbocycles. The van der Waals surface area contributed by atoms with Gasteiger partial charge in [-0.3, -0.25) is 0 Å². The van der Waals surface area contributed by atoms with E-state index in [-0.39, 0.29) is 36.0 Å². The smallest absolute Gasteiger partial charge is 0.396 e. The van der Waals surface area contributed by atoms with Crippen LogP contribution in [0.2, 0.25) is 0 Å². The van der Waals surface area contributed by atoms with Gasteiger partial charge in [-0.2, -0.15) is 17.6 Å². The van der Waals surface area contributed by atoms with Crippen molar-refractivity contribution in [3.05, 3.63) is 23.3 Å². The number of aliphatic hydroxyl groups is 1. The number of hydrogen-bond acceptors (Lipinski definition) is 5. The highest BCUT2D eigenvalue weighted by molar-refractivity contribution is 7.97. The highest BCUT2D eigenvalue weighted by atomic mass is 32.2. The summed E-state index contributed by atoms with van der Waals surface area (Å²) in [4.78, 5) is 1.56. The maximum Gasteiger partial charge on any atom is 0.396 e. The lowest BCUT2D eigenvalue weighted by molar-refractivity contribution is -0.210. The molecule has 0 amide bonds. The molecule has 0 radical (unpaired) electrons. The fourth-order valence-corrected chi connectivity index (χ4v) is 11.8. The monoisotopic (exact) mass is 622 g/mol. The fourth-order valence-electron chi connectivity index (χ4n) is 8.88. The molecule has 0 spiro atoms. The van der Waals surface area contributed by atoms with Crippen LogP contribution in [0.3, 0.4) is 0 Å². The summed E-state index contributed by atoms with van der Waals surface area (Å²) in [6.07, 6.45) is 6.13. The first-order valence-electron chi connectivity index (χ1n) is 15.0. The molecule has 5 aliphatic rings. The lowest BCUT2D eigenvalue weighted by Crippen LogP contribution is -2.54. The third-order valence-electron chi connectivity index (χ3n) is 10.5. The number of ether oxygens (including phenoxy) is 1. The minimum atomic E-state index is -6.43. The van der Waals surface area contributed by atoms with E-state index in [9.17, 15) is 35.6 Å². The van der Waals surface area contributed by atoms with Gasteiger partial charge in [0.25, 0.3) is 0 Å². The second-order valence-corrected chi connectivity index (χ2v) is 16.6. The third-order valence-corrected chi connectivity index (χ3v) is 13.9. The van der Waals surface area contributed by atoms with Crippen LogP contribution in [0.25, 0.3) is 0 Å². The first kappa shape index (κ1) is 31.4. The summed E-state index contributed by atoms with van der Waals surface area (Å²) < 4.78 is 93.5. The second kappa shape index (κ2) is 11.5. The number of alkyl halides is 4. The SMILES string of the molecule is CCCCOc1c(C)cc([S+]2CCCC2)cc1C.O=S(=O)([O-])C(F)(F)C(F)(F)C1CC2CC1C1C3CC(O)C(C3)C21. The summed E-state index contributed by atoms with van der Waals surface area (Å²) >= 11 is 0. The predicted octanol–water partition coefficient (Wildman–Crippen LogP) is 6.30. The summed E-state index contributed by atoms with van der Waals surface area (Å²) in [5.41, 5.74) is 2.64. The summed E-state index contributed by atoms with van der Waals surface area (Å²) in [5.74, 6) is -3.54. The molecule has 8 unspecified atom stereocenters. The second-order valence-electron chi connectivity index (χ2n) is 12.9. The lowest BCUT2D eigenvalue weighted by atomic mass is 9.65. The molecule has 4 saturated carbocycles. The highest BCUT2D eigenvalue weighted by Gasteiger charge is 2.74. The molecule has 5 fully saturated rings. The van der Waals surface area contributed by atoms with Crippen molar-refractivity contribution in [3.63, 3.8) is 0 Å². The van der Waals surface area contributed by atoms with Crippen molar-refractivity contribution in [1.82, 2.24) is 0 Å². The van der Waals surface area contributed by atoms with Crippen molar-refractivity contribution < 1.29 is 40.4 Å². The maximum atomic E-state index is 14.3. The van der Waals surface area contributed by atoms with E-state index in [1.54, 1.807) is 4.90 Å². The van der Waals surface area contributed by atoms with Crippen molar-refractivity contribution >= 4 is 21.0 Å². The van der Waals surface area contributed by atoms with E-state index >= 15 is 0 Å². The van der Waals surface area contributed by atoms with E-state index in [1.165, 1.54) is 41.9 Å². The van der Waals surface area contributed by atoms with Gasteiger partial charge in [0.1, 0.15) is 17.3 Å². The Bertz CT molecular complexity index is 1200. The van der Waals surface area contributed by atoms with E-state index in [2.05, 4.69) is 32.9 Å². The van der Waals surface area contributed by atoms with Crippen LogP contribution < -0.4 is 4.74 Å². The van der Waals surface area contributed by atoms with Crippen LogP contribution in [-0.2, 0) is 21.0 Å². The zero-order valence-corrected chi connectivity index (χ0v) is 25.6. The standard InChI is InChI=1S/C16H25OS.C14H18F4O4S/c1-4-5-8-17-16-13(2)11-15(12-14(16)3)18-9-6-7-10-18;15-13(16,14(17,18)23(20,21)22)9-3-5-1-7(9)11-6-2-8(12(5)11)10(19)4-6/h11-12H,4-10H2,1-3H3;5-12,19H,1-4H2,(H,20,21,22)/q+1;/p-1. The van der Waals surface area contributed by atoms with Crippen molar-refractivity contribution in [1.29, 1.82) is 0 Å². The Morgan fingerprint density at radius 1 is 0.976 bits per heavy atom. The van der Waals surface area contributed by atoms with Gasteiger partial charge in [0.05, 0.1) is 12.7 Å². The summed E-state index contributed by atoms with van der Waals surface area (Å²) in [7, 11) is -5.91. The summed E-state index contributed by atoms with van der Waals surface area (Å²) in [5, 5.41) is 4.39. The van der Waals surface area contributed by atoms with Crippen LogP contribution in [0.5, 0.6) is 5.75 Å². The van der Waals surface area contributed by atoms with Gasteiger partial charge >= 0.3 is 11.2 Å². The van der Waals surface area contributed by atoms with Gasteiger partial charge in [0.15, 0.2) is 15.0 Å². The molecule has 1 aliphatic heterocycles. The zero-order valence-electron chi connectivity index (χ0n) is 24.0. The molecule has 41 heavy (non-hydrogen) atoms. The van der Waals surface area contributed by atoms with Gasteiger partial charge in [-0.15, -0.1) is 0 Å². The Balaban J connectivity index is 0.000000170. The molecular weight excluding hydrogens is 580 g/mol. The largest absolute Gasteiger partial charge is 0.743 e. The van der Waals surface area contributed by atoms with Gasteiger partial charge in [0, 0.05) is 16.8 Å². The van der Waals surface area contributed by atoms with E-state index in [0.29, 0.717) is 23.7 Å². The fraction of sp³-hybridized carbons (Fsp3) is 0.800. The highest BCUT2D eigenvalue weighted by Crippen LogP contribution is 2.71. The van der Waals surface area contributed by atoms with E-state index in [1.807, 2.05) is 0 Å². The predicted molar refractivity (Wildman–Crippen MR) is 149 cm³/mol. The quantitative estimate of drug-likeness (QED) is 0.121. The molecule has 4 bridgehead atoms. The van der Waals surface area contributed by atoms with E-state index in [0.717, 1.165) is 25.2 Å². The summed E-state index contributed by atoms with van der Waals surface area (Å²) in [6, 6.07) is 4.73. The Labute approximate surface area is 243 Å². The number of rotatable bonds is 8. The van der Waals surface area contributed by atoms with Crippen LogP contribution in [0.15, 0.2) is 17.0 Å². The molecule has 5 nitrogen and oxygen atoms in total. The number of fused-ring (bicyclic) bond motifs is 9. The maximum absolute atomic E-state index is 14.3. The van der Waals surface area contributed by atoms with E-state index in [4.69, 9.17) is 4.74 Å². The first-order valence-corrected chi connectivity index (χ1v) is 18.0. The average Bonchev–Trinajstić information content (AvgIpc) is 3.70. The summed E-state index contributed by atoms with van der Waals surface area (Å²) in [6.45, 7) is 7.44. The van der Waals surface area contributed by atoms with Gasteiger partial charge in [-0.1, -0.05) is 13.3 Å². The van der Waals surface area contributed by atoms with Gasteiger partial charge < -0.3 is 14.4 Å². The number of aliphatic hydroxyl groups excluding tert-OH is 1. The molecule has 0 aromatic heterocycles. The molecule has 8 atom stereocenters. The number of benzene rings is 1. The van der Waals surface area contributed by atoms with Crippen molar-refractivity contribution in [2.45, 2.75) is 94.3 Å². The van der Waals surface area contributed by atoms with Crippen molar-refractivity contribution in [3.8, 4) is 5.75 Å². The number of unbranched alkanes of at least 4 members (excludes halogenated alkanes) is 1. The molecule has 1 heterocycles. The van der Waals surface area contributed by atoms with Gasteiger partial charge in [0.2, 0.25) is 0 Å². The Morgan fingerprint density at radius 2 is 1.54 bits per heavy atom. The van der Waals surface area contributed by atoms with Crippen molar-refractivity contribution in [2.75, 3.05) is 18.1 Å². The zero-order chi connectivity index (χ0) is 29.9. The number of hydrogen-bond donors (Lipinski definition) is 1. The van der Waals surface area contributed by atoms with Crippen LogP contribution in [0.4, 0.5) is 17.6 Å². The van der Waals surface area contributed by atoms with E-state index < -0.39 is 39.2 Å². The molecule has 1 aromatic carbocycles. The molecule has 1 saturated heterocycles. The third kappa shape index (κ3) is 5.43. The van der Waals surface area contributed by atoms with Gasteiger partial charge in [-0.25, -0.2) is 8.42 Å². The first-order chi connectivity index (χ1) is 19.2. The lowest BCUT2D eigenvalue weighted by Gasteiger charge is -2.44. The number of aryl methyl sites for hydroxylation is 2. The Morgan fingerprint density at radius 3 is 2.12 bits per heavy atom. The molecule has 232 valence electrons. The molecule has 1 aromatic rings. The Hall–Kier alpha value is -1.04. The molecule has 11 heteroatoms. The molecular formula is C30H42F4O5S2. The topological polar surface area (TPSA) is 86.7 Å². The normalized spacial score (nSPS) is 34.6. The minimum absolute atomic E-state index is 0.0473. The minimum Gasteiger partial charge on any atom is -0.743 e. The molecule has 6 rings (SSSR count). The van der Waals surface area contributed by atoms with Crippen LogP contribution >= 0.6 is 0 Å². The van der Waals surface area contributed by atoms with Gasteiger partial charge in [-0.05, 0) is 118 Å². The average molecular weight is 623 g/mol. The molecule has 1 N–H and O–H groups in total.